The molecule has 0 amide bonds. The van der Waals surface area contributed by atoms with Crippen LogP contribution in [0.5, 0.6) is 0 Å². The van der Waals surface area contributed by atoms with E-state index in [2.05, 4.69) is 44.2 Å². The first-order valence-electron chi connectivity index (χ1n) is 4.29. The molecule has 0 saturated carbocycles. The Morgan fingerprint density at radius 2 is 2.00 bits per heavy atom. The molecular formula is C10H16NS+. The summed E-state index contributed by atoms with van der Waals surface area (Å²) in [4.78, 5) is 5.89. The van der Waals surface area contributed by atoms with Crippen LogP contribution in [0, 0.1) is 20.8 Å². The molecule has 1 atom stereocenters. The Labute approximate surface area is 77.1 Å². The smallest absolute Gasteiger partial charge is 0.202 e. The molecule has 0 radical (unpaired) electrons. The molecule has 0 bridgehead atoms. The number of rotatable bonds is 2. The molecule has 0 aliphatic heterocycles. The van der Waals surface area contributed by atoms with E-state index >= 15 is 0 Å². The van der Waals surface area contributed by atoms with Gasteiger partial charge in [0.05, 0.1) is 5.69 Å². The quantitative estimate of drug-likeness (QED) is 0.636. The minimum Gasteiger partial charge on any atom is -0.202 e. The number of nitrogens with zero attached hydrogens (tertiary/aromatic N) is 1. The minimum atomic E-state index is 0.202. The highest BCUT2D eigenvalue weighted by Gasteiger charge is 2.16. The Morgan fingerprint density at radius 1 is 1.33 bits per heavy atom. The highest BCUT2D eigenvalue weighted by atomic mass is 32.2. The van der Waals surface area contributed by atoms with Gasteiger partial charge in [-0.05, 0) is 19.4 Å². The molecule has 0 saturated heterocycles. The molecule has 0 N–H and O–H groups in total. The van der Waals surface area contributed by atoms with Gasteiger partial charge in [-0.25, -0.2) is 4.98 Å². The largest absolute Gasteiger partial charge is 0.244 e. The highest BCUT2D eigenvalue weighted by molar-refractivity contribution is 7.41. The van der Waals surface area contributed by atoms with Crippen LogP contribution in [0.25, 0.3) is 5.41 Å². The number of aromatic nitrogens is 1. The van der Waals surface area contributed by atoms with E-state index in [0.29, 0.717) is 0 Å². The van der Waals surface area contributed by atoms with Crippen LogP contribution in [0.2, 0.25) is 0 Å². The van der Waals surface area contributed by atoms with Crippen LogP contribution in [-0.4, -0.2) is 4.98 Å². The molecule has 1 aromatic rings. The van der Waals surface area contributed by atoms with Crippen LogP contribution in [0.1, 0.15) is 28.9 Å². The van der Waals surface area contributed by atoms with Gasteiger partial charge in [0.1, 0.15) is 5.41 Å². The molecule has 1 aromatic heterocycles. The third-order valence-corrected chi connectivity index (χ3v) is 4.10. The molecule has 0 fully saturated rings. The number of thiazole rings is 1. The summed E-state index contributed by atoms with van der Waals surface area (Å²) in [5.74, 6) is 0. The van der Waals surface area contributed by atoms with E-state index in [1.807, 2.05) is 0 Å². The second-order valence-electron chi connectivity index (χ2n) is 2.89. The summed E-state index contributed by atoms with van der Waals surface area (Å²) < 4.78 is 0. The molecule has 1 heterocycles. The van der Waals surface area contributed by atoms with Gasteiger partial charge in [-0.15, -0.1) is 0 Å². The molecular weight excluding hydrogens is 166 g/mol. The van der Waals surface area contributed by atoms with Crippen LogP contribution in [-0.2, 0) is 0 Å². The normalized spacial score (nSPS) is 12.8. The van der Waals surface area contributed by atoms with Gasteiger partial charge in [0, 0.05) is 24.3 Å². The highest BCUT2D eigenvalue weighted by Crippen LogP contribution is 2.32. The van der Waals surface area contributed by atoms with E-state index in [1.54, 1.807) is 0 Å². The molecule has 66 valence electrons. The number of hydrogen-bond acceptors (Lipinski definition) is 1. The maximum Gasteiger partial charge on any atom is 0.244 e. The summed E-state index contributed by atoms with van der Waals surface area (Å²) in [7, 11) is 0.202. The summed E-state index contributed by atoms with van der Waals surface area (Å²) in [6.45, 7) is 8.54. The summed E-state index contributed by atoms with van der Waals surface area (Å²) >= 11 is 0. The fourth-order valence-electron chi connectivity index (χ4n) is 1.14. The lowest BCUT2D eigenvalue weighted by Crippen LogP contribution is -1.71. The standard InChI is InChI=1S/C10H16NS/c1-5-6-7-12-9(3)8(2)11-10(12)4/h6-7H,5H2,1-4H3/q+1. The SMILES string of the molecule is CCC=C[s+]1c(C)nc(C)c1C. The first-order valence-corrected chi connectivity index (χ1v) is 5.58. The summed E-state index contributed by atoms with van der Waals surface area (Å²) in [5, 5.41) is 3.54. The van der Waals surface area contributed by atoms with E-state index in [4.69, 9.17) is 0 Å². The van der Waals surface area contributed by atoms with Gasteiger partial charge >= 0.3 is 0 Å². The van der Waals surface area contributed by atoms with Gasteiger partial charge in [-0.1, -0.05) is 6.92 Å². The molecule has 12 heavy (non-hydrogen) atoms. The molecule has 0 aromatic carbocycles. The van der Waals surface area contributed by atoms with Gasteiger partial charge in [0.15, 0.2) is 4.88 Å². The summed E-state index contributed by atoms with van der Waals surface area (Å²) in [6.07, 6.45) is 3.34. The molecule has 1 nitrogen and oxygen atoms in total. The third-order valence-electron chi connectivity index (χ3n) is 1.95. The second kappa shape index (κ2) is 3.85. The van der Waals surface area contributed by atoms with Crippen LogP contribution < -0.4 is 0 Å². The zero-order chi connectivity index (χ0) is 9.14. The molecule has 0 aliphatic rings. The minimum absolute atomic E-state index is 0.202. The number of allylic oxidation sites excluding steroid dienone is 1. The zero-order valence-corrected chi connectivity index (χ0v) is 9.03. The summed E-state index contributed by atoms with van der Waals surface area (Å²) in [6, 6.07) is 0. The molecule has 0 spiro atoms. The van der Waals surface area contributed by atoms with E-state index < -0.39 is 0 Å². The Balaban J connectivity index is 3.05. The average molecular weight is 182 g/mol. The summed E-state index contributed by atoms with van der Waals surface area (Å²) in [5.41, 5.74) is 1.21. The predicted octanol–water partition coefficient (Wildman–Crippen LogP) is 3.64. The van der Waals surface area contributed by atoms with E-state index in [0.717, 1.165) is 6.42 Å². The zero-order valence-electron chi connectivity index (χ0n) is 8.22. The Kier molecular flexibility index (Phi) is 3.04. The first kappa shape index (κ1) is 9.46. The molecule has 2 heteroatoms. The average Bonchev–Trinajstić information content (AvgIpc) is 2.25. The van der Waals surface area contributed by atoms with Crippen molar-refractivity contribution >= 4 is 15.9 Å². The predicted molar refractivity (Wildman–Crippen MR) is 56.5 cm³/mol. The maximum absolute atomic E-state index is 4.46. The van der Waals surface area contributed by atoms with Crippen molar-refractivity contribution in [2.75, 3.05) is 0 Å². The van der Waals surface area contributed by atoms with E-state index in [9.17, 15) is 0 Å². The third kappa shape index (κ3) is 1.75. The molecule has 1 unspecified atom stereocenters. The monoisotopic (exact) mass is 182 g/mol. The lowest BCUT2D eigenvalue weighted by molar-refractivity contribution is 1.18. The van der Waals surface area contributed by atoms with Crippen molar-refractivity contribution in [3.63, 3.8) is 0 Å². The second-order valence-corrected chi connectivity index (χ2v) is 5.04. The first-order chi connectivity index (χ1) is 5.66. The van der Waals surface area contributed by atoms with Gasteiger partial charge < -0.3 is 0 Å². The fraction of sp³-hybridized carbons (Fsp3) is 0.500. The van der Waals surface area contributed by atoms with Crippen LogP contribution in [0.4, 0.5) is 0 Å². The maximum atomic E-state index is 4.46. The molecule has 0 aliphatic carbocycles. The Morgan fingerprint density at radius 3 is 2.42 bits per heavy atom. The van der Waals surface area contributed by atoms with Crippen LogP contribution in [0.3, 0.4) is 0 Å². The van der Waals surface area contributed by atoms with Gasteiger partial charge in [0.25, 0.3) is 0 Å². The molecule has 1 rings (SSSR count). The van der Waals surface area contributed by atoms with Gasteiger partial charge in [0.2, 0.25) is 5.01 Å². The number of aryl methyl sites for hydroxylation is 2. The van der Waals surface area contributed by atoms with Crippen LogP contribution in [0.15, 0.2) is 6.08 Å². The van der Waals surface area contributed by atoms with Crippen molar-refractivity contribution < 1.29 is 0 Å². The van der Waals surface area contributed by atoms with Crippen molar-refractivity contribution in [1.82, 2.24) is 4.98 Å². The Bertz CT molecular complexity index is 297. The van der Waals surface area contributed by atoms with Crippen molar-refractivity contribution in [3.05, 3.63) is 21.7 Å². The lowest BCUT2D eigenvalue weighted by Gasteiger charge is -1.81. The lowest BCUT2D eigenvalue weighted by atomic mass is 10.4. The van der Waals surface area contributed by atoms with Gasteiger partial charge in [-0.2, -0.15) is 0 Å². The van der Waals surface area contributed by atoms with E-state index in [-0.39, 0.29) is 10.5 Å². The topological polar surface area (TPSA) is 12.9 Å². The Hall–Kier alpha value is -0.630. The van der Waals surface area contributed by atoms with Crippen molar-refractivity contribution in [1.29, 1.82) is 0 Å². The number of hydrogen-bond donors (Lipinski definition) is 0. The van der Waals surface area contributed by atoms with Gasteiger partial charge in [-0.3, -0.25) is 0 Å². The van der Waals surface area contributed by atoms with E-state index in [1.165, 1.54) is 15.6 Å². The fourth-order valence-corrected chi connectivity index (χ4v) is 2.97. The van der Waals surface area contributed by atoms with Crippen molar-refractivity contribution in [2.24, 2.45) is 0 Å². The van der Waals surface area contributed by atoms with Crippen molar-refractivity contribution in [2.45, 2.75) is 34.1 Å². The van der Waals surface area contributed by atoms with Crippen LogP contribution >= 0.6 is 10.5 Å². The van der Waals surface area contributed by atoms with Crippen molar-refractivity contribution in [3.8, 4) is 0 Å².